The topological polar surface area (TPSA) is 52.3 Å². The molecule has 0 spiro atoms. The number of halogens is 1. The molecule has 2 aromatic carbocycles. The van der Waals surface area contributed by atoms with Crippen LogP contribution < -0.4 is 5.73 Å². The molecule has 0 amide bonds. The minimum Gasteiger partial charge on any atom is -0.454 e. The van der Waals surface area contributed by atoms with Crippen LogP contribution in [0.2, 0.25) is 0 Å². The highest BCUT2D eigenvalue weighted by Crippen LogP contribution is 2.33. The van der Waals surface area contributed by atoms with E-state index >= 15 is 0 Å². The summed E-state index contributed by atoms with van der Waals surface area (Å²) in [5.41, 5.74) is 9.19. The SMILES string of the molecule is Nc1cc(Br)cc(C(=O)OC2CCCc3ccccc32)c1. The average Bonchev–Trinajstić information content (AvgIpc) is 2.46. The zero-order valence-corrected chi connectivity index (χ0v) is 13.1. The fourth-order valence-corrected chi connectivity index (χ4v) is 3.27. The molecule has 21 heavy (non-hydrogen) atoms. The van der Waals surface area contributed by atoms with Gasteiger partial charge in [-0.25, -0.2) is 4.79 Å². The molecule has 0 saturated carbocycles. The zero-order valence-electron chi connectivity index (χ0n) is 11.5. The van der Waals surface area contributed by atoms with Gasteiger partial charge in [0.05, 0.1) is 5.56 Å². The second-order valence-electron chi connectivity index (χ2n) is 5.26. The van der Waals surface area contributed by atoms with Crippen LogP contribution in [0.4, 0.5) is 5.69 Å². The van der Waals surface area contributed by atoms with Crippen molar-refractivity contribution in [2.45, 2.75) is 25.4 Å². The van der Waals surface area contributed by atoms with Crippen LogP contribution in [0.5, 0.6) is 0 Å². The Labute approximate surface area is 132 Å². The maximum Gasteiger partial charge on any atom is 0.338 e. The number of ether oxygens (including phenoxy) is 1. The fourth-order valence-electron chi connectivity index (χ4n) is 2.76. The van der Waals surface area contributed by atoms with Gasteiger partial charge in [-0.05, 0) is 48.6 Å². The molecular weight excluding hydrogens is 330 g/mol. The highest BCUT2D eigenvalue weighted by atomic mass is 79.9. The second kappa shape index (κ2) is 5.90. The largest absolute Gasteiger partial charge is 0.454 e. The van der Waals surface area contributed by atoms with Crippen molar-refractivity contribution in [3.63, 3.8) is 0 Å². The minimum atomic E-state index is -0.329. The molecule has 1 aliphatic rings. The lowest BCUT2D eigenvalue weighted by atomic mass is 9.89. The van der Waals surface area contributed by atoms with E-state index in [0.717, 1.165) is 29.3 Å². The van der Waals surface area contributed by atoms with Gasteiger partial charge in [-0.1, -0.05) is 40.2 Å². The molecule has 0 bridgehead atoms. The zero-order chi connectivity index (χ0) is 14.8. The Hall–Kier alpha value is -1.81. The van der Waals surface area contributed by atoms with E-state index in [9.17, 15) is 4.79 Å². The summed E-state index contributed by atoms with van der Waals surface area (Å²) >= 11 is 3.34. The van der Waals surface area contributed by atoms with Crippen LogP contribution in [-0.4, -0.2) is 5.97 Å². The van der Waals surface area contributed by atoms with Crippen LogP contribution in [0, 0.1) is 0 Å². The minimum absolute atomic E-state index is 0.164. The number of benzene rings is 2. The Balaban J connectivity index is 1.82. The van der Waals surface area contributed by atoms with Crippen LogP contribution >= 0.6 is 15.9 Å². The van der Waals surface area contributed by atoms with Gasteiger partial charge in [0, 0.05) is 10.2 Å². The van der Waals surface area contributed by atoms with Gasteiger partial charge in [0.2, 0.25) is 0 Å². The standard InChI is InChI=1S/C17H16BrNO2/c18-13-8-12(9-14(19)10-13)17(20)21-16-7-3-5-11-4-1-2-6-15(11)16/h1-2,4,6,8-10,16H,3,5,7,19H2. The molecule has 1 aliphatic carbocycles. The molecule has 0 fully saturated rings. The molecule has 0 aromatic heterocycles. The van der Waals surface area contributed by atoms with E-state index in [2.05, 4.69) is 22.0 Å². The molecule has 108 valence electrons. The average molecular weight is 346 g/mol. The monoisotopic (exact) mass is 345 g/mol. The molecule has 4 heteroatoms. The lowest BCUT2D eigenvalue weighted by Crippen LogP contribution is -2.17. The normalized spacial score (nSPS) is 17.1. The number of rotatable bonds is 2. The van der Waals surface area contributed by atoms with E-state index in [1.54, 1.807) is 18.2 Å². The first-order valence-electron chi connectivity index (χ1n) is 6.98. The number of hydrogen-bond donors (Lipinski definition) is 1. The van der Waals surface area contributed by atoms with E-state index in [0.29, 0.717) is 11.3 Å². The number of nitrogen functional groups attached to an aromatic ring is 1. The van der Waals surface area contributed by atoms with E-state index in [1.807, 2.05) is 18.2 Å². The van der Waals surface area contributed by atoms with Gasteiger partial charge in [0.1, 0.15) is 6.10 Å². The number of aryl methyl sites for hydroxylation is 1. The van der Waals surface area contributed by atoms with Gasteiger partial charge >= 0.3 is 5.97 Å². The summed E-state index contributed by atoms with van der Waals surface area (Å²) in [4.78, 5) is 12.3. The number of esters is 1. The highest BCUT2D eigenvalue weighted by Gasteiger charge is 2.24. The molecule has 1 atom stereocenters. The molecule has 0 heterocycles. The van der Waals surface area contributed by atoms with Gasteiger partial charge in [-0.2, -0.15) is 0 Å². The number of carbonyl (C=O) groups is 1. The molecule has 2 N–H and O–H groups in total. The number of hydrogen-bond acceptors (Lipinski definition) is 3. The van der Waals surface area contributed by atoms with Crippen molar-refractivity contribution in [1.29, 1.82) is 0 Å². The third kappa shape index (κ3) is 3.10. The summed E-state index contributed by atoms with van der Waals surface area (Å²) in [6.07, 6.45) is 2.79. The maximum atomic E-state index is 12.3. The van der Waals surface area contributed by atoms with Gasteiger partial charge < -0.3 is 10.5 Å². The first-order chi connectivity index (χ1) is 10.1. The number of carbonyl (C=O) groups excluding carboxylic acids is 1. The summed E-state index contributed by atoms with van der Waals surface area (Å²) in [6, 6.07) is 13.3. The molecule has 3 rings (SSSR count). The summed E-state index contributed by atoms with van der Waals surface area (Å²) in [7, 11) is 0. The van der Waals surface area contributed by atoms with Crippen molar-refractivity contribution in [2.24, 2.45) is 0 Å². The molecule has 3 nitrogen and oxygen atoms in total. The van der Waals surface area contributed by atoms with Crippen molar-refractivity contribution < 1.29 is 9.53 Å². The lowest BCUT2D eigenvalue weighted by molar-refractivity contribution is 0.0256. The summed E-state index contributed by atoms with van der Waals surface area (Å²) in [5, 5.41) is 0. The number of anilines is 1. The third-order valence-corrected chi connectivity index (χ3v) is 4.18. The van der Waals surface area contributed by atoms with Gasteiger partial charge in [-0.3, -0.25) is 0 Å². The molecule has 0 saturated heterocycles. The van der Waals surface area contributed by atoms with Gasteiger partial charge in [-0.15, -0.1) is 0 Å². The summed E-state index contributed by atoms with van der Waals surface area (Å²) < 4.78 is 6.47. The predicted octanol–water partition coefficient (Wildman–Crippen LogP) is 4.27. The van der Waals surface area contributed by atoms with Crippen LogP contribution in [-0.2, 0) is 11.2 Å². The highest BCUT2D eigenvalue weighted by molar-refractivity contribution is 9.10. The van der Waals surface area contributed by atoms with Crippen molar-refractivity contribution in [1.82, 2.24) is 0 Å². The van der Waals surface area contributed by atoms with Crippen LogP contribution in [0.3, 0.4) is 0 Å². The Morgan fingerprint density at radius 2 is 2.05 bits per heavy atom. The van der Waals surface area contributed by atoms with Crippen LogP contribution in [0.25, 0.3) is 0 Å². The Morgan fingerprint density at radius 1 is 1.24 bits per heavy atom. The summed E-state index contributed by atoms with van der Waals surface area (Å²) in [6.45, 7) is 0. The Kier molecular flexibility index (Phi) is 3.97. The molecule has 0 aliphatic heterocycles. The van der Waals surface area contributed by atoms with E-state index < -0.39 is 0 Å². The third-order valence-electron chi connectivity index (χ3n) is 3.72. The number of fused-ring (bicyclic) bond motifs is 1. The van der Waals surface area contributed by atoms with E-state index in [1.165, 1.54) is 5.56 Å². The quantitative estimate of drug-likeness (QED) is 0.653. The smallest absolute Gasteiger partial charge is 0.338 e. The molecular formula is C17H16BrNO2. The predicted molar refractivity (Wildman–Crippen MR) is 86.1 cm³/mol. The maximum absolute atomic E-state index is 12.3. The molecule has 1 unspecified atom stereocenters. The van der Waals surface area contributed by atoms with Crippen molar-refractivity contribution in [2.75, 3.05) is 5.73 Å². The van der Waals surface area contributed by atoms with Crippen molar-refractivity contribution in [3.05, 3.63) is 63.6 Å². The van der Waals surface area contributed by atoms with E-state index in [4.69, 9.17) is 10.5 Å². The van der Waals surface area contributed by atoms with E-state index in [-0.39, 0.29) is 12.1 Å². The Bertz CT molecular complexity index is 664. The first-order valence-corrected chi connectivity index (χ1v) is 7.77. The van der Waals surface area contributed by atoms with Crippen LogP contribution in [0.15, 0.2) is 46.9 Å². The summed E-state index contributed by atoms with van der Waals surface area (Å²) in [5.74, 6) is -0.329. The van der Waals surface area contributed by atoms with Crippen molar-refractivity contribution >= 4 is 27.6 Å². The Morgan fingerprint density at radius 3 is 2.86 bits per heavy atom. The second-order valence-corrected chi connectivity index (χ2v) is 6.17. The van der Waals surface area contributed by atoms with Crippen LogP contribution in [0.1, 0.15) is 40.4 Å². The van der Waals surface area contributed by atoms with Crippen molar-refractivity contribution in [3.8, 4) is 0 Å². The van der Waals surface area contributed by atoms with Gasteiger partial charge in [0.15, 0.2) is 0 Å². The lowest BCUT2D eigenvalue weighted by Gasteiger charge is -2.25. The first kappa shape index (κ1) is 14.1. The fraction of sp³-hybridized carbons (Fsp3) is 0.235. The molecule has 0 radical (unpaired) electrons. The van der Waals surface area contributed by atoms with Gasteiger partial charge in [0.25, 0.3) is 0 Å². The number of nitrogens with two attached hydrogens (primary N) is 1. The molecule has 2 aromatic rings.